The molecule has 0 unspecified atom stereocenters. The number of imidazole rings is 1. The topological polar surface area (TPSA) is 92.7 Å². The van der Waals surface area contributed by atoms with E-state index in [1.165, 1.54) is 23.1 Å². The maximum Gasteiger partial charge on any atom is 0.259 e. The van der Waals surface area contributed by atoms with Crippen molar-refractivity contribution in [2.45, 2.75) is 51.7 Å². The summed E-state index contributed by atoms with van der Waals surface area (Å²) in [7, 11) is 0. The van der Waals surface area contributed by atoms with E-state index in [0.717, 1.165) is 39.3 Å². The van der Waals surface area contributed by atoms with E-state index in [9.17, 15) is 9.59 Å². The molecule has 4 rings (SSSR count). The van der Waals surface area contributed by atoms with Crippen LogP contribution < -0.4 is 10.9 Å². The van der Waals surface area contributed by atoms with Gasteiger partial charge in [-0.15, -0.1) is 23.1 Å². The number of nitrogens with zero attached hydrogens (tertiary/aromatic N) is 3. The first-order chi connectivity index (χ1) is 14.9. The van der Waals surface area contributed by atoms with Crippen LogP contribution in [-0.2, 0) is 17.1 Å². The molecule has 0 radical (unpaired) electrons. The zero-order chi connectivity index (χ0) is 22.1. The summed E-state index contributed by atoms with van der Waals surface area (Å²) >= 11 is 2.96. The Kier molecular flexibility index (Phi) is 6.15. The Hall–Kier alpha value is -2.65. The number of hydrogen-bond acceptors (Lipinski definition) is 6. The van der Waals surface area contributed by atoms with E-state index in [1.54, 1.807) is 0 Å². The highest BCUT2D eigenvalue weighted by Gasteiger charge is 2.19. The number of fused-ring (bicyclic) bond motifs is 2. The van der Waals surface area contributed by atoms with Gasteiger partial charge in [0.15, 0.2) is 0 Å². The first-order valence-corrected chi connectivity index (χ1v) is 12.1. The molecule has 9 heteroatoms. The van der Waals surface area contributed by atoms with Gasteiger partial charge >= 0.3 is 0 Å². The third kappa shape index (κ3) is 4.24. The number of aryl methyl sites for hydroxylation is 3. The normalized spacial score (nSPS) is 12.5. The lowest BCUT2D eigenvalue weighted by Crippen LogP contribution is -2.25. The predicted octanol–water partition coefficient (Wildman–Crippen LogP) is 4.62. The molecule has 1 amide bonds. The van der Waals surface area contributed by atoms with Crippen molar-refractivity contribution >= 4 is 56.2 Å². The number of H-pyrrole nitrogens is 1. The molecule has 31 heavy (non-hydrogen) atoms. The second-order valence-corrected chi connectivity index (χ2v) is 10.0. The van der Waals surface area contributed by atoms with Crippen LogP contribution >= 0.6 is 23.1 Å². The number of aromatic nitrogens is 4. The van der Waals surface area contributed by atoms with Crippen LogP contribution in [0.2, 0.25) is 0 Å². The lowest BCUT2D eigenvalue weighted by atomic mass is 10.2. The Morgan fingerprint density at radius 2 is 2.06 bits per heavy atom. The standard InChI is InChI=1S/C22H25N5O2S2/c1-5-10-27-16-9-7-6-8-15(16)23-22(27)26-19(28)14(4)30-11-17-24-20(29)18-12(2)13(3)31-21(18)25-17/h6-9,14H,5,10-11H2,1-4H3,(H,23,26,28)(H,24,25,29)/t14-/m1/s1. The van der Waals surface area contributed by atoms with Gasteiger partial charge in [-0.1, -0.05) is 19.1 Å². The van der Waals surface area contributed by atoms with E-state index in [2.05, 4.69) is 27.2 Å². The quantitative estimate of drug-likeness (QED) is 0.424. The SMILES string of the molecule is CCCn1c(NC(=O)[C@@H](C)SCc2nc3sc(C)c(C)c3c(=O)[nH]2)nc2ccccc21. The van der Waals surface area contributed by atoms with Gasteiger partial charge in [-0.2, -0.15) is 0 Å². The Bertz CT molecular complexity index is 1320. The lowest BCUT2D eigenvalue weighted by Gasteiger charge is -2.13. The van der Waals surface area contributed by atoms with Crippen molar-refractivity contribution < 1.29 is 4.79 Å². The summed E-state index contributed by atoms with van der Waals surface area (Å²) in [6.45, 7) is 8.66. The van der Waals surface area contributed by atoms with E-state index < -0.39 is 0 Å². The first-order valence-electron chi connectivity index (χ1n) is 10.3. The van der Waals surface area contributed by atoms with Gasteiger partial charge in [-0.3, -0.25) is 14.9 Å². The van der Waals surface area contributed by atoms with Crippen molar-refractivity contribution in [3.05, 3.63) is 50.9 Å². The summed E-state index contributed by atoms with van der Waals surface area (Å²) in [5.74, 6) is 1.48. The zero-order valence-electron chi connectivity index (χ0n) is 18.0. The molecule has 0 aliphatic heterocycles. The molecular weight excluding hydrogens is 430 g/mol. The number of rotatable bonds is 7. The van der Waals surface area contributed by atoms with Crippen LogP contribution in [0.15, 0.2) is 29.1 Å². The highest BCUT2D eigenvalue weighted by Crippen LogP contribution is 2.27. The lowest BCUT2D eigenvalue weighted by molar-refractivity contribution is -0.115. The molecule has 0 fully saturated rings. The minimum Gasteiger partial charge on any atom is -0.310 e. The van der Waals surface area contributed by atoms with Crippen LogP contribution in [0.3, 0.4) is 0 Å². The van der Waals surface area contributed by atoms with Crippen molar-refractivity contribution in [3.8, 4) is 0 Å². The molecule has 0 aliphatic carbocycles. The van der Waals surface area contributed by atoms with E-state index in [1.807, 2.05) is 49.6 Å². The Morgan fingerprint density at radius 1 is 1.29 bits per heavy atom. The molecule has 1 aromatic carbocycles. The molecule has 7 nitrogen and oxygen atoms in total. The Labute approximate surface area is 188 Å². The number of para-hydroxylation sites is 2. The van der Waals surface area contributed by atoms with E-state index in [4.69, 9.17) is 0 Å². The fourth-order valence-corrected chi connectivity index (χ4v) is 5.28. The molecule has 0 aliphatic rings. The molecule has 0 spiro atoms. The molecule has 4 aromatic rings. The molecule has 1 atom stereocenters. The number of carbonyl (C=O) groups excluding carboxylic acids is 1. The van der Waals surface area contributed by atoms with E-state index in [0.29, 0.717) is 22.9 Å². The van der Waals surface area contributed by atoms with Gasteiger partial charge in [-0.05, 0) is 44.9 Å². The minimum absolute atomic E-state index is 0.118. The zero-order valence-corrected chi connectivity index (χ0v) is 19.6. The van der Waals surface area contributed by atoms with Crippen LogP contribution in [0.4, 0.5) is 5.95 Å². The Balaban J connectivity index is 1.47. The molecule has 0 saturated carbocycles. The summed E-state index contributed by atoms with van der Waals surface area (Å²) in [5.41, 5.74) is 2.74. The van der Waals surface area contributed by atoms with Crippen LogP contribution in [0.5, 0.6) is 0 Å². The number of amides is 1. The maximum absolute atomic E-state index is 12.8. The number of aromatic amines is 1. The fraction of sp³-hybridized carbons (Fsp3) is 0.364. The van der Waals surface area contributed by atoms with Crippen molar-refractivity contribution in [1.29, 1.82) is 0 Å². The van der Waals surface area contributed by atoms with Crippen molar-refractivity contribution in [1.82, 2.24) is 19.5 Å². The van der Waals surface area contributed by atoms with Crippen LogP contribution in [-0.4, -0.2) is 30.7 Å². The van der Waals surface area contributed by atoms with Crippen molar-refractivity contribution in [2.75, 3.05) is 5.32 Å². The summed E-state index contributed by atoms with van der Waals surface area (Å²) < 4.78 is 2.04. The Morgan fingerprint density at radius 3 is 2.84 bits per heavy atom. The number of nitrogens with one attached hydrogen (secondary N) is 2. The molecule has 3 heterocycles. The van der Waals surface area contributed by atoms with E-state index in [-0.39, 0.29) is 16.7 Å². The molecule has 0 bridgehead atoms. The highest BCUT2D eigenvalue weighted by molar-refractivity contribution is 7.99. The first kappa shape index (κ1) is 21.6. The molecule has 2 N–H and O–H groups in total. The second-order valence-electron chi connectivity index (χ2n) is 7.49. The fourth-order valence-electron chi connectivity index (χ4n) is 3.48. The van der Waals surface area contributed by atoms with E-state index >= 15 is 0 Å². The van der Waals surface area contributed by atoms with Crippen molar-refractivity contribution in [3.63, 3.8) is 0 Å². The molecule has 3 aromatic heterocycles. The third-order valence-electron chi connectivity index (χ3n) is 5.26. The van der Waals surface area contributed by atoms with Gasteiger partial charge in [0, 0.05) is 11.4 Å². The molecule has 162 valence electrons. The second kappa shape index (κ2) is 8.84. The van der Waals surface area contributed by atoms with Gasteiger partial charge in [0.05, 0.1) is 27.4 Å². The van der Waals surface area contributed by atoms with Crippen LogP contribution in [0.25, 0.3) is 21.3 Å². The summed E-state index contributed by atoms with van der Waals surface area (Å²) in [5, 5.41) is 3.31. The summed E-state index contributed by atoms with van der Waals surface area (Å²) in [6.07, 6.45) is 0.941. The number of thioether (sulfide) groups is 1. The molecular formula is C22H25N5O2S2. The van der Waals surface area contributed by atoms with Gasteiger partial charge in [0.2, 0.25) is 11.9 Å². The summed E-state index contributed by atoms with van der Waals surface area (Å²) in [4.78, 5) is 39.2. The largest absolute Gasteiger partial charge is 0.310 e. The van der Waals surface area contributed by atoms with Crippen LogP contribution in [0, 0.1) is 13.8 Å². The van der Waals surface area contributed by atoms with Gasteiger partial charge in [-0.25, -0.2) is 9.97 Å². The third-order valence-corrected chi connectivity index (χ3v) is 7.52. The van der Waals surface area contributed by atoms with Crippen molar-refractivity contribution in [2.24, 2.45) is 0 Å². The average Bonchev–Trinajstić information content (AvgIpc) is 3.23. The van der Waals surface area contributed by atoms with Gasteiger partial charge in [0.1, 0.15) is 10.7 Å². The number of hydrogen-bond donors (Lipinski definition) is 2. The van der Waals surface area contributed by atoms with Gasteiger partial charge in [0.25, 0.3) is 5.56 Å². The predicted molar refractivity (Wildman–Crippen MR) is 129 cm³/mol. The van der Waals surface area contributed by atoms with Crippen LogP contribution in [0.1, 0.15) is 36.5 Å². The number of thiophene rings is 1. The molecule has 0 saturated heterocycles. The van der Waals surface area contributed by atoms with Gasteiger partial charge < -0.3 is 9.55 Å². The monoisotopic (exact) mass is 455 g/mol. The smallest absolute Gasteiger partial charge is 0.259 e. The maximum atomic E-state index is 12.8. The summed E-state index contributed by atoms with van der Waals surface area (Å²) in [6, 6.07) is 7.87. The minimum atomic E-state index is -0.331. The number of carbonyl (C=O) groups is 1. The number of anilines is 1. The highest BCUT2D eigenvalue weighted by atomic mass is 32.2. The number of benzene rings is 1. The average molecular weight is 456 g/mol.